The molecular weight excluding hydrogens is 364 g/mol. The summed E-state index contributed by atoms with van der Waals surface area (Å²) >= 11 is 9.15. The zero-order valence-electron chi connectivity index (χ0n) is 11.4. The molecule has 0 aliphatic rings. The highest BCUT2D eigenvalue weighted by atomic mass is 79.9. The minimum absolute atomic E-state index is 0.289. The minimum atomic E-state index is -1.09. The van der Waals surface area contributed by atoms with Crippen molar-refractivity contribution in [3.8, 4) is 0 Å². The maximum Gasteiger partial charge on any atom is 0.326 e. The molecule has 0 radical (unpaired) electrons. The van der Waals surface area contributed by atoms with Gasteiger partial charge in [-0.05, 0) is 47.0 Å². The van der Waals surface area contributed by atoms with Crippen molar-refractivity contribution in [3.63, 3.8) is 0 Å². The van der Waals surface area contributed by atoms with E-state index in [-0.39, 0.29) is 6.42 Å². The summed E-state index contributed by atoms with van der Waals surface area (Å²) in [6.45, 7) is 0.440. The number of rotatable bonds is 7. The average molecular weight is 380 g/mol. The maximum absolute atomic E-state index is 11.8. The molecule has 0 fully saturated rings. The molecule has 8 heteroatoms. The van der Waals surface area contributed by atoms with E-state index in [1.165, 1.54) is 7.11 Å². The maximum atomic E-state index is 11.8. The SMILES string of the molecule is COCCCC(NC(=O)Nc1ccc(Br)c(Cl)c1)C(=O)O. The lowest BCUT2D eigenvalue weighted by molar-refractivity contribution is -0.139. The fourth-order valence-corrected chi connectivity index (χ4v) is 2.02. The first-order chi connectivity index (χ1) is 9.93. The van der Waals surface area contributed by atoms with Gasteiger partial charge in [0.25, 0.3) is 0 Å². The molecule has 0 aromatic heterocycles. The zero-order chi connectivity index (χ0) is 15.8. The van der Waals surface area contributed by atoms with E-state index in [0.29, 0.717) is 28.2 Å². The third-order valence-corrected chi connectivity index (χ3v) is 3.85. The fraction of sp³-hybridized carbons (Fsp3) is 0.385. The standard InChI is InChI=1S/C13H16BrClN2O4/c1-21-6-2-3-11(12(18)19)17-13(20)16-8-4-5-9(14)10(15)7-8/h4-5,7,11H,2-3,6H2,1H3,(H,18,19)(H2,16,17,20). The topological polar surface area (TPSA) is 87.7 Å². The molecule has 0 aliphatic heterocycles. The molecule has 0 saturated heterocycles. The molecule has 116 valence electrons. The van der Waals surface area contributed by atoms with Gasteiger partial charge in [-0.2, -0.15) is 0 Å². The second kappa shape index (κ2) is 8.86. The Bertz CT molecular complexity index is 513. The largest absolute Gasteiger partial charge is 0.480 e. The molecule has 0 saturated carbocycles. The molecule has 6 nitrogen and oxygen atoms in total. The molecule has 1 aromatic carbocycles. The highest BCUT2D eigenvalue weighted by molar-refractivity contribution is 9.10. The highest BCUT2D eigenvalue weighted by Crippen LogP contribution is 2.25. The van der Waals surface area contributed by atoms with Gasteiger partial charge in [0.1, 0.15) is 6.04 Å². The summed E-state index contributed by atoms with van der Waals surface area (Å²) in [4.78, 5) is 22.9. The van der Waals surface area contributed by atoms with Gasteiger partial charge in [0, 0.05) is 23.9 Å². The van der Waals surface area contributed by atoms with Crippen molar-refractivity contribution in [1.29, 1.82) is 0 Å². The van der Waals surface area contributed by atoms with Gasteiger partial charge >= 0.3 is 12.0 Å². The number of hydrogen-bond acceptors (Lipinski definition) is 3. The van der Waals surface area contributed by atoms with Gasteiger partial charge in [-0.1, -0.05) is 11.6 Å². The van der Waals surface area contributed by atoms with Gasteiger partial charge in [-0.3, -0.25) is 0 Å². The Morgan fingerprint density at radius 3 is 2.76 bits per heavy atom. The van der Waals surface area contributed by atoms with E-state index in [4.69, 9.17) is 21.4 Å². The van der Waals surface area contributed by atoms with Crippen LogP contribution in [0.15, 0.2) is 22.7 Å². The summed E-state index contributed by atoms with van der Waals surface area (Å²) < 4.78 is 5.56. The van der Waals surface area contributed by atoms with Crippen LogP contribution in [0.5, 0.6) is 0 Å². The van der Waals surface area contributed by atoms with Gasteiger partial charge in [0.15, 0.2) is 0 Å². The number of ether oxygens (including phenoxy) is 1. The van der Waals surface area contributed by atoms with E-state index in [2.05, 4.69) is 26.6 Å². The van der Waals surface area contributed by atoms with Crippen molar-refractivity contribution in [2.24, 2.45) is 0 Å². The van der Waals surface area contributed by atoms with E-state index < -0.39 is 18.0 Å². The minimum Gasteiger partial charge on any atom is -0.480 e. The Hall–Kier alpha value is -1.31. The molecule has 2 amide bonds. The Labute approximate surface area is 135 Å². The van der Waals surface area contributed by atoms with Crippen LogP contribution >= 0.6 is 27.5 Å². The number of carbonyl (C=O) groups is 2. The quantitative estimate of drug-likeness (QED) is 0.635. The summed E-state index contributed by atoms with van der Waals surface area (Å²) in [5.41, 5.74) is 0.474. The first kappa shape index (κ1) is 17.7. The van der Waals surface area contributed by atoms with Crippen molar-refractivity contribution in [2.75, 3.05) is 19.0 Å². The third-order valence-electron chi connectivity index (χ3n) is 2.62. The first-order valence-electron chi connectivity index (χ1n) is 6.18. The monoisotopic (exact) mass is 378 g/mol. The van der Waals surface area contributed by atoms with Crippen LogP contribution in [-0.2, 0) is 9.53 Å². The second-order valence-electron chi connectivity index (χ2n) is 4.25. The number of urea groups is 1. The molecule has 1 rings (SSSR count). The van der Waals surface area contributed by atoms with Gasteiger partial charge in [-0.25, -0.2) is 9.59 Å². The normalized spacial score (nSPS) is 11.8. The predicted octanol–water partition coefficient (Wildman–Crippen LogP) is 3.10. The number of methoxy groups -OCH3 is 1. The first-order valence-corrected chi connectivity index (χ1v) is 7.35. The number of hydrogen-bond donors (Lipinski definition) is 3. The van der Waals surface area contributed by atoms with Crippen molar-refractivity contribution in [3.05, 3.63) is 27.7 Å². The molecule has 0 heterocycles. The molecule has 21 heavy (non-hydrogen) atoms. The molecule has 3 N–H and O–H groups in total. The molecule has 1 unspecified atom stereocenters. The lowest BCUT2D eigenvalue weighted by atomic mass is 10.1. The predicted molar refractivity (Wildman–Crippen MR) is 83.8 cm³/mol. The second-order valence-corrected chi connectivity index (χ2v) is 5.51. The molecule has 0 aliphatic carbocycles. The van der Waals surface area contributed by atoms with Gasteiger partial charge in [0.05, 0.1) is 5.02 Å². The Kier molecular flexibility index (Phi) is 7.49. The molecule has 1 aromatic rings. The summed E-state index contributed by atoms with van der Waals surface area (Å²) in [5, 5.41) is 14.4. The Balaban J connectivity index is 2.56. The molecule has 1 atom stereocenters. The number of nitrogens with one attached hydrogen (secondary N) is 2. The summed E-state index contributed by atoms with van der Waals surface area (Å²) in [7, 11) is 1.53. The summed E-state index contributed by atoms with van der Waals surface area (Å²) in [6.07, 6.45) is 0.829. The van der Waals surface area contributed by atoms with Crippen molar-refractivity contribution in [2.45, 2.75) is 18.9 Å². The van der Waals surface area contributed by atoms with Crippen LogP contribution in [0.4, 0.5) is 10.5 Å². The van der Waals surface area contributed by atoms with Gasteiger partial charge < -0.3 is 20.5 Å². The highest BCUT2D eigenvalue weighted by Gasteiger charge is 2.19. The lowest BCUT2D eigenvalue weighted by Gasteiger charge is -2.15. The lowest BCUT2D eigenvalue weighted by Crippen LogP contribution is -2.43. The molecular formula is C13H16BrClN2O4. The number of benzene rings is 1. The summed E-state index contributed by atoms with van der Waals surface area (Å²) in [6, 6.07) is 3.33. The van der Waals surface area contributed by atoms with Crippen LogP contribution in [0.25, 0.3) is 0 Å². The van der Waals surface area contributed by atoms with Crippen molar-refractivity contribution < 1.29 is 19.4 Å². The average Bonchev–Trinajstić information content (AvgIpc) is 2.42. The van der Waals surface area contributed by atoms with E-state index in [9.17, 15) is 9.59 Å². The number of anilines is 1. The van der Waals surface area contributed by atoms with Crippen LogP contribution in [0, 0.1) is 0 Å². The van der Waals surface area contributed by atoms with Crippen LogP contribution in [0.3, 0.4) is 0 Å². The molecule has 0 spiro atoms. The van der Waals surface area contributed by atoms with Gasteiger partial charge in [0.2, 0.25) is 0 Å². The smallest absolute Gasteiger partial charge is 0.326 e. The van der Waals surface area contributed by atoms with E-state index in [1.54, 1.807) is 18.2 Å². The summed E-state index contributed by atoms with van der Waals surface area (Å²) in [5.74, 6) is -1.09. The number of halogens is 2. The number of aliphatic carboxylic acids is 1. The molecule has 0 bridgehead atoms. The van der Waals surface area contributed by atoms with Crippen molar-refractivity contribution >= 4 is 45.2 Å². The zero-order valence-corrected chi connectivity index (χ0v) is 13.7. The third kappa shape index (κ3) is 6.33. The van der Waals surface area contributed by atoms with Gasteiger partial charge in [-0.15, -0.1) is 0 Å². The Morgan fingerprint density at radius 2 is 2.19 bits per heavy atom. The van der Waals surface area contributed by atoms with E-state index in [1.807, 2.05) is 0 Å². The number of carboxylic acid groups (broad SMARTS) is 1. The van der Waals surface area contributed by atoms with E-state index >= 15 is 0 Å². The van der Waals surface area contributed by atoms with Crippen molar-refractivity contribution in [1.82, 2.24) is 5.32 Å². The Morgan fingerprint density at radius 1 is 1.48 bits per heavy atom. The number of carbonyl (C=O) groups excluding carboxylic acids is 1. The van der Waals surface area contributed by atoms with Crippen LogP contribution < -0.4 is 10.6 Å². The number of amides is 2. The number of carboxylic acids is 1. The van der Waals surface area contributed by atoms with Crippen LogP contribution in [0.2, 0.25) is 5.02 Å². The van der Waals surface area contributed by atoms with Crippen LogP contribution in [0.1, 0.15) is 12.8 Å². The fourth-order valence-electron chi connectivity index (χ4n) is 1.59. The van der Waals surface area contributed by atoms with E-state index in [0.717, 1.165) is 0 Å². The van der Waals surface area contributed by atoms with Crippen LogP contribution in [-0.4, -0.2) is 36.9 Å².